The number of nitrogens with zero attached hydrogens (tertiary/aromatic N) is 3. The van der Waals surface area contributed by atoms with Crippen LogP contribution in [0.2, 0.25) is 0 Å². The van der Waals surface area contributed by atoms with Crippen LogP contribution in [-0.2, 0) is 0 Å². The van der Waals surface area contributed by atoms with E-state index in [-0.39, 0.29) is 5.82 Å². The van der Waals surface area contributed by atoms with E-state index in [0.29, 0.717) is 0 Å². The minimum absolute atomic E-state index is 0.259. The number of halogens is 1. The summed E-state index contributed by atoms with van der Waals surface area (Å²) in [4.78, 5) is 10.4. The van der Waals surface area contributed by atoms with Gasteiger partial charge in [-0.2, -0.15) is 0 Å². The highest BCUT2D eigenvalue weighted by Gasteiger charge is 2.12. The van der Waals surface area contributed by atoms with Crippen LogP contribution in [0.15, 0.2) is 30.6 Å². The van der Waals surface area contributed by atoms with Crippen LogP contribution in [0.25, 0.3) is 0 Å². The zero-order chi connectivity index (χ0) is 14.5. The normalized spacial score (nSPS) is 10.4. The molecule has 20 heavy (non-hydrogen) atoms. The molecule has 2 aromatic rings. The van der Waals surface area contributed by atoms with Crippen LogP contribution in [0.4, 0.5) is 21.7 Å². The number of benzene rings is 1. The van der Waals surface area contributed by atoms with E-state index in [2.05, 4.69) is 22.2 Å². The van der Waals surface area contributed by atoms with Crippen molar-refractivity contribution in [2.24, 2.45) is 0 Å². The highest BCUT2D eigenvalue weighted by atomic mass is 19.1. The summed E-state index contributed by atoms with van der Waals surface area (Å²) >= 11 is 0. The maximum atomic E-state index is 13.3. The molecule has 1 N–H and O–H groups in total. The van der Waals surface area contributed by atoms with Crippen molar-refractivity contribution in [2.45, 2.75) is 20.3 Å². The number of nitrogens with one attached hydrogen (secondary N) is 1. The Bertz CT molecular complexity index is 586. The molecular formula is C15H19FN4. The molecule has 0 aliphatic rings. The Kier molecular flexibility index (Phi) is 4.50. The molecule has 2 rings (SSSR count). The van der Waals surface area contributed by atoms with Crippen molar-refractivity contribution < 1.29 is 4.39 Å². The quantitative estimate of drug-likeness (QED) is 0.905. The molecule has 1 aromatic heterocycles. The van der Waals surface area contributed by atoms with Gasteiger partial charge in [-0.25, -0.2) is 14.4 Å². The zero-order valence-electron chi connectivity index (χ0n) is 12.0. The summed E-state index contributed by atoms with van der Waals surface area (Å²) in [5.41, 5.74) is 1.71. The van der Waals surface area contributed by atoms with Crippen molar-refractivity contribution in [1.29, 1.82) is 0 Å². The summed E-state index contributed by atoms with van der Waals surface area (Å²) < 4.78 is 13.3. The lowest BCUT2D eigenvalue weighted by molar-refractivity contribution is 0.628. The molecule has 0 fully saturated rings. The van der Waals surface area contributed by atoms with E-state index in [1.165, 1.54) is 18.5 Å². The Balaban J connectivity index is 2.32. The van der Waals surface area contributed by atoms with Gasteiger partial charge in [-0.05, 0) is 31.5 Å². The fourth-order valence-corrected chi connectivity index (χ4v) is 2.01. The van der Waals surface area contributed by atoms with E-state index in [9.17, 15) is 4.39 Å². The number of anilines is 3. The molecule has 0 radical (unpaired) electrons. The standard InChI is InChI=1S/C15H19FN4/c1-4-8-17-14-11(2)15(19-10-18-14)20(3)13-7-5-6-12(16)9-13/h5-7,9-10H,4,8H2,1-3H3,(H,17,18,19). The zero-order valence-corrected chi connectivity index (χ0v) is 12.0. The van der Waals surface area contributed by atoms with Crippen LogP contribution in [0.3, 0.4) is 0 Å². The molecule has 0 amide bonds. The van der Waals surface area contributed by atoms with Gasteiger partial charge in [0.05, 0.1) is 0 Å². The minimum Gasteiger partial charge on any atom is -0.370 e. The maximum absolute atomic E-state index is 13.3. The van der Waals surface area contributed by atoms with Crippen LogP contribution in [0.5, 0.6) is 0 Å². The van der Waals surface area contributed by atoms with Gasteiger partial charge in [0.25, 0.3) is 0 Å². The molecule has 1 heterocycles. The number of hydrogen-bond acceptors (Lipinski definition) is 4. The molecule has 0 aliphatic carbocycles. The van der Waals surface area contributed by atoms with Crippen molar-refractivity contribution in [3.8, 4) is 0 Å². The third-order valence-electron chi connectivity index (χ3n) is 3.11. The van der Waals surface area contributed by atoms with Gasteiger partial charge >= 0.3 is 0 Å². The van der Waals surface area contributed by atoms with Crippen molar-refractivity contribution in [1.82, 2.24) is 9.97 Å². The topological polar surface area (TPSA) is 41.1 Å². The van der Waals surface area contributed by atoms with Gasteiger partial charge in [0, 0.05) is 24.8 Å². The average Bonchev–Trinajstić information content (AvgIpc) is 2.45. The molecular weight excluding hydrogens is 255 g/mol. The molecule has 106 valence electrons. The average molecular weight is 274 g/mol. The van der Waals surface area contributed by atoms with Gasteiger partial charge in [-0.3, -0.25) is 0 Å². The predicted octanol–water partition coefficient (Wildman–Crippen LogP) is 3.51. The number of rotatable bonds is 5. The minimum atomic E-state index is -0.259. The number of hydrogen-bond donors (Lipinski definition) is 1. The van der Waals surface area contributed by atoms with Crippen LogP contribution < -0.4 is 10.2 Å². The molecule has 0 saturated carbocycles. The summed E-state index contributed by atoms with van der Waals surface area (Å²) in [6.07, 6.45) is 2.55. The molecule has 1 aromatic carbocycles. The fourth-order valence-electron chi connectivity index (χ4n) is 2.01. The monoisotopic (exact) mass is 274 g/mol. The van der Waals surface area contributed by atoms with Gasteiger partial charge < -0.3 is 10.2 Å². The highest BCUT2D eigenvalue weighted by molar-refractivity contribution is 5.66. The lowest BCUT2D eigenvalue weighted by atomic mass is 10.2. The van der Waals surface area contributed by atoms with Crippen LogP contribution >= 0.6 is 0 Å². The summed E-state index contributed by atoms with van der Waals surface area (Å²) in [5, 5.41) is 3.27. The highest BCUT2D eigenvalue weighted by Crippen LogP contribution is 2.27. The fraction of sp³-hybridized carbons (Fsp3) is 0.333. The predicted molar refractivity (Wildman–Crippen MR) is 80.0 cm³/mol. The van der Waals surface area contributed by atoms with Crippen LogP contribution in [0, 0.1) is 12.7 Å². The lowest BCUT2D eigenvalue weighted by Gasteiger charge is -2.21. The van der Waals surface area contributed by atoms with E-state index in [0.717, 1.165) is 35.9 Å². The van der Waals surface area contributed by atoms with Crippen molar-refractivity contribution >= 4 is 17.3 Å². The summed E-state index contributed by atoms with van der Waals surface area (Å²) in [6, 6.07) is 6.46. The van der Waals surface area contributed by atoms with Crippen molar-refractivity contribution in [3.05, 3.63) is 42.0 Å². The van der Waals surface area contributed by atoms with Crippen molar-refractivity contribution in [2.75, 3.05) is 23.8 Å². The summed E-state index contributed by atoms with van der Waals surface area (Å²) in [6.45, 7) is 4.92. The van der Waals surface area contributed by atoms with Gasteiger partial charge in [0.2, 0.25) is 0 Å². The molecule has 0 atom stereocenters. The number of aromatic nitrogens is 2. The van der Waals surface area contributed by atoms with Crippen LogP contribution in [-0.4, -0.2) is 23.6 Å². The first-order chi connectivity index (χ1) is 9.63. The van der Waals surface area contributed by atoms with Gasteiger partial charge in [0.15, 0.2) is 0 Å². The second kappa shape index (κ2) is 6.32. The molecule has 0 unspecified atom stereocenters. The van der Waals surface area contributed by atoms with E-state index in [1.54, 1.807) is 6.07 Å². The third-order valence-corrected chi connectivity index (χ3v) is 3.11. The van der Waals surface area contributed by atoms with E-state index >= 15 is 0 Å². The van der Waals surface area contributed by atoms with Gasteiger partial charge in [-0.1, -0.05) is 13.0 Å². The molecule has 0 bridgehead atoms. The Morgan fingerprint density at radius 1 is 1.30 bits per heavy atom. The first-order valence-electron chi connectivity index (χ1n) is 6.68. The van der Waals surface area contributed by atoms with Crippen LogP contribution in [0.1, 0.15) is 18.9 Å². The van der Waals surface area contributed by atoms with E-state index in [1.807, 2.05) is 24.9 Å². The van der Waals surface area contributed by atoms with Gasteiger partial charge in [0.1, 0.15) is 23.8 Å². The Morgan fingerprint density at radius 2 is 2.10 bits per heavy atom. The molecule has 0 spiro atoms. The first-order valence-corrected chi connectivity index (χ1v) is 6.68. The largest absolute Gasteiger partial charge is 0.370 e. The molecule has 5 heteroatoms. The Hall–Kier alpha value is -2.17. The second-order valence-electron chi connectivity index (χ2n) is 4.64. The summed E-state index contributed by atoms with van der Waals surface area (Å²) in [7, 11) is 1.87. The second-order valence-corrected chi connectivity index (χ2v) is 4.64. The molecule has 4 nitrogen and oxygen atoms in total. The molecule has 0 saturated heterocycles. The Labute approximate surface area is 118 Å². The van der Waals surface area contributed by atoms with E-state index < -0.39 is 0 Å². The van der Waals surface area contributed by atoms with E-state index in [4.69, 9.17) is 0 Å². The SMILES string of the molecule is CCCNc1ncnc(N(C)c2cccc(F)c2)c1C. The van der Waals surface area contributed by atoms with Crippen molar-refractivity contribution in [3.63, 3.8) is 0 Å². The first kappa shape index (κ1) is 14.2. The third kappa shape index (κ3) is 3.04. The maximum Gasteiger partial charge on any atom is 0.141 e. The summed E-state index contributed by atoms with van der Waals surface area (Å²) in [5.74, 6) is 1.33. The van der Waals surface area contributed by atoms with Gasteiger partial charge in [-0.15, -0.1) is 0 Å². The Morgan fingerprint density at radius 3 is 2.80 bits per heavy atom. The lowest BCUT2D eigenvalue weighted by Crippen LogP contribution is -2.15. The smallest absolute Gasteiger partial charge is 0.141 e. The molecule has 0 aliphatic heterocycles.